The zero-order valence-corrected chi connectivity index (χ0v) is 15.6. The van der Waals surface area contributed by atoms with Crippen LogP contribution in [0.1, 0.15) is 37.5 Å². The average molecular weight is 318 g/mol. The third-order valence-electron chi connectivity index (χ3n) is 4.86. The van der Waals surface area contributed by atoms with Crippen LogP contribution in [0.4, 0.5) is 0 Å². The normalized spacial score (nSPS) is 11.4. The molecule has 1 heterocycles. The molecule has 0 aliphatic rings. The van der Waals surface area contributed by atoms with E-state index in [2.05, 4.69) is 88.0 Å². The zero-order valence-electron chi connectivity index (χ0n) is 15.6. The van der Waals surface area contributed by atoms with Gasteiger partial charge in [-0.25, -0.2) is 4.57 Å². The van der Waals surface area contributed by atoms with E-state index in [1.807, 2.05) is 0 Å². The van der Waals surface area contributed by atoms with Crippen LogP contribution in [0.5, 0.6) is 0 Å². The number of hydrogen-bond donors (Lipinski definition) is 0. The predicted molar refractivity (Wildman–Crippen MR) is 103 cm³/mol. The number of pyridine rings is 1. The Morgan fingerprint density at radius 2 is 1.79 bits per heavy atom. The number of aryl methyl sites for hydroxylation is 3. The standard InChI is InChI=1S/C23H28N/c1-6-18-11-10-17(4)22(15-18)23-21-9-7-8-19(14-16(2)3)20(21)12-13-24(23)5/h7-13,15-16H,6,14H2,1-5H3/q+1. The lowest BCUT2D eigenvalue weighted by atomic mass is 9.93. The summed E-state index contributed by atoms with van der Waals surface area (Å²) in [7, 11) is 2.15. The van der Waals surface area contributed by atoms with E-state index in [0.717, 1.165) is 12.8 Å². The van der Waals surface area contributed by atoms with Gasteiger partial charge in [0.15, 0.2) is 6.20 Å². The lowest BCUT2D eigenvalue weighted by Gasteiger charge is -2.13. The van der Waals surface area contributed by atoms with Crippen molar-refractivity contribution in [1.82, 2.24) is 0 Å². The van der Waals surface area contributed by atoms with Gasteiger partial charge in [0.05, 0.1) is 5.39 Å². The number of benzene rings is 2. The quantitative estimate of drug-likeness (QED) is 0.567. The van der Waals surface area contributed by atoms with Crippen molar-refractivity contribution in [3.8, 4) is 11.3 Å². The molecule has 0 radical (unpaired) electrons. The van der Waals surface area contributed by atoms with Gasteiger partial charge in [-0.15, -0.1) is 0 Å². The fraction of sp³-hybridized carbons (Fsp3) is 0.348. The molecule has 0 unspecified atom stereocenters. The number of aromatic nitrogens is 1. The van der Waals surface area contributed by atoms with Crippen molar-refractivity contribution >= 4 is 10.8 Å². The molecule has 0 bridgehead atoms. The molecular weight excluding hydrogens is 290 g/mol. The van der Waals surface area contributed by atoms with Crippen LogP contribution in [0.25, 0.3) is 22.0 Å². The molecule has 0 spiro atoms. The van der Waals surface area contributed by atoms with E-state index in [0.29, 0.717) is 5.92 Å². The predicted octanol–water partition coefficient (Wildman–Crippen LogP) is 5.40. The van der Waals surface area contributed by atoms with Crippen molar-refractivity contribution in [1.29, 1.82) is 0 Å². The molecular formula is C23H28N+. The smallest absolute Gasteiger partial charge is 0.200 e. The molecule has 0 fully saturated rings. The molecule has 0 N–H and O–H groups in total. The molecule has 0 aliphatic carbocycles. The molecule has 1 aromatic heterocycles. The van der Waals surface area contributed by atoms with Crippen LogP contribution in [0, 0.1) is 12.8 Å². The van der Waals surface area contributed by atoms with Crippen molar-refractivity contribution in [3.05, 3.63) is 65.4 Å². The summed E-state index contributed by atoms with van der Waals surface area (Å²) in [5.74, 6) is 0.665. The average Bonchev–Trinajstić information content (AvgIpc) is 2.55. The van der Waals surface area contributed by atoms with Gasteiger partial charge in [-0.05, 0) is 59.9 Å². The molecule has 2 aromatic carbocycles. The summed E-state index contributed by atoms with van der Waals surface area (Å²) in [6.45, 7) is 9.01. The summed E-state index contributed by atoms with van der Waals surface area (Å²) in [6.07, 6.45) is 4.40. The summed E-state index contributed by atoms with van der Waals surface area (Å²) in [4.78, 5) is 0. The number of rotatable bonds is 4. The van der Waals surface area contributed by atoms with Crippen LogP contribution in [0.3, 0.4) is 0 Å². The summed E-state index contributed by atoms with van der Waals surface area (Å²) in [5.41, 5.74) is 6.86. The highest BCUT2D eigenvalue weighted by molar-refractivity contribution is 5.95. The highest BCUT2D eigenvalue weighted by Crippen LogP contribution is 2.31. The first-order valence-corrected chi connectivity index (χ1v) is 9.01. The SMILES string of the molecule is CCc1ccc(C)c(-c2c3cccc(CC(C)C)c3cc[n+]2C)c1. The van der Waals surface area contributed by atoms with Crippen LogP contribution in [0.15, 0.2) is 48.7 Å². The fourth-order valence-corrected chi connectivity index (χ4v) is 3.56. The van der Waals surface area contributed by atoms with Crippen molar-refractivity contribution in [2.45, 2.75) is 40.5 Å². The minimum Gasteiger partial charge on any atom is -0.200 e. The summed E-state index contributed by atoms with van der Waals surface area (Å²) in [5, 5.41) is 2.75. The second-order valence-electron chi connectivity index (χ2n) is 7.25. The Balaban J connectivity index is 2.30. The largest absolute Gasteiger partial charge is 0.220 e. The molecule has 1 heteroatoms. The van der Waals surface area contributed by atoms with Gasteiger partial charge in [0.2, 0.25) is 5.69 Å². The number of nitrogens with zero attached hydrogens (tertiary/aromatic N) is 1. The number of fused-ring (bicyclic) bond motifs is 1. The Labute approximate surface area is 146 Å². The van der Waals surface area contributed by atoms with Gasteiger partial charge >= 0.3 is 0 Å². The Morgan fingerprint density at radius 3 is 2.50 bits per heavy atom. The van der Waals surface area contributed by atoms with Crippen LogP contribution in [0.2, 0.25) is 0 Å². The molecule has 0 amide bonds. The van der Waals surface area contributed by atoms with Crippen molar-refractivity contribution in [2.75, 3.05) is 0 Å². The maximum absolute atomic E-state index is 2.36. The van der Waals surface area contributed by atoms with Crippen molar-refractivity contribution in [3.63, 3.8) is 0 Å². The molecule has 3 aromatic rings. The van der Waals surface area contributed by atoms with Crippen molar-refractivity contribution in [2.24, 2.45) is 13.0 Å². The highest BCUT2D eigenvalue weighted by Gasteiger charge is 2.18. The van der Waals surface area contributed by atoms with E-state index < -0.39 is 0 Å². The minimum absolute atomic E-state index is 0.665. The number of hydrogen-bond acceptors (Lipinski definition) is 0. The molecule has 1 nitrogen and oxygen atoms in total. The van der Waals surface area contributed by atoms with Crippen LogP contribution in [-0.2, 0) is 19.9 Å². The van der Waals surface area contributed by atoms with Crippen LogP contribution in [-0.4, -0.2) is 0 Å². The van der Waals surface area contributed by atoms with Gasteiger partial charge in [-0.3, -0.25) is 0 Å². The van der Waals surface area contributed by atoms with Gasteiger partial charge in [0.1, 0.15) is 7.05 Å². The Bertz CT molecular complexity index is 875. The Kier molecular flexibility index (Phi) is 4.71. The van der Waals surface area contributed by atoms with E-state index in [1.165, 1.54) is 38.7 Å². The van der Waals surface area contributed by atoms with E-state index in [1.54, 1.807) is 0 Å². The van der Waals surface area contributed by atoms with Crippen LogP contribution >= 0.6 is 0 Å². The Hall–Kier alpha value is -2.15. The molecule has 0 saturated carbocycles. The lowest BCUT2D eigenvalue weighted by Crippen LogP contribution is -2.31. The van der Waals surface area contributed by atoms with E-state index in [4.69, 9.17) is 0 Å². The third-order valence-corrected chi connectivity index (χ3v) is 4.86. The second-order valence-corrected chi connectivity index (χ2v) is 7.25. The molecule has 124 valence electrons. The molecule has 0 atom stereocenters. The molecule has 0 aliphatic heterocycles. The van der Waals surface area contributed by atoms with E-state index in [-0.39, 0.29) is 0 Å². The third kappa shape index (κ3) is 3.08. The maximum Gasteiger partial charge on any atom is 0.220 e. The van der Waals surface area contributed by atoms with Gasteiger partial charge in [-0.2, -0.15) is 0 Å². The van der Waals surface area contributed by atoms with E-state index >= 15 is 0 Å². The first-order chi connectivity index (χ1) is 11.5. The molecule has 3 rings (SSSR count). The minimum atomic E-state index is 0.665. The van der Waals surface area contributed by atoms with Crippen LogP contribution < -0.4 is 4.57 Å². The molecule has 0 saturated heterocycles. The summed E-state index contributed by atoms with van der Waals surface area (Å²) >= 11 is 0. The fourth-order valence-electron chi connectivity index (χ4n) is 3.56. The van der Waals surface area contributed by atoms with Gasteiger partial charge in [-0.1, -0.05) is 45.0 Å². The Morgan fingerprint density at radius 1 is 1.00 bits per heavy atom. The summed E-state index contributed by atoms with van der Waals surface area (Å²) in [6, 6.07) is 15.9. The first-order valence-electron chi connectivity index (χ1n) is 9.01. The second kappa shape index (κ2) is 6.76. The van der Waals surface area contributed by atoms with Gasteiger partial charge < -0.3 is 0 Å². The first kappa shape index (κ1) is 16.7. The maximum atomic E-state index is 2.36. The topological polar surface area (TPSA) is 3.88 Å². The zero-order chi connectivity index (χ0) is 17.3. The van der Waals surface area contributed by atoms with Gasteiger partial charge in [0, 0.05) is 11.6 Å². The van der Waals surface area contributed by atoms with E-state index in [9.17, 15) is 0 Å². The molecule has 24 heavy (non-hydrogen) atoms. The lowest BCUT2D eigenvalue weighted by molar-refractivity contribution is -0.659. The van der Waals surface area contributed by atoms with Gasteiger partial charge in [0.25, 0.3) is 0 Å². The van der Waals surface area contributed by atoms with Crippen molar-refractivity contribution < 1.29 is 4.57 Å². The highest BCUT2D eigenvalue weighted by atomic mass is 14.9. The monoisotopic (exact) mass is 318 g/mol. The summed E-state index contributed by atoms with van der Waals surface area (Å²) < 4.78 is 2.27.